The van der Waals surface area contributed by atoms with Gasteiger partial charge in [0.15, 0.2) is 12.2 Å². The zero-order chi connectivity index (χ0) is 31.3. The van der Waals surface area contributed by atoms with Crippen LogP contribution in [-0.4, -0.2) is 75.4 Å². The Balaban J connectivity index is 1.78. The number of fused-ring (bicyclic) bond motifs is 1. The monoisotopic (exact) mass is 639 g/mol. The van der Waals surface area contributed by atoms with Gasteiger partial charge in [-0.15, -0.1) is 0 Å². The summed E-state index contributed by atoms with van der Waals surface area (Å²) >= 11 is 0. The minimum Gasteiger partial charge on any atom is -0.457 e. The van der Waals surface area contributed by atoms with Gasteiger partial charge in [0, 0.05) is 33.6 Å². The summed E-state index contributed by atoms with van der Waals surface area (Å²) in [5.41, 5.74) is 0.367. The third-order valence-electron chi connectivity index (χ3n) is 6.14. The molecule has 0 saturated heterocycles. The normalized spacial score (nSPS) is 13.3. The highest BCUT2D eigenvalue weighted by molar-refractivity contribution is 7.92. The highest BCUT2D eigenvalue weighted by Crippen LogP contribution is 2.40. The first-order valence-corrected chi connectivity index (χ1v) is 18.5. The molecule has 232 valence electrons. The summed E-state index contributed by atoms with van der Waals surface area (Å²) < 4.78 is 92.5. The van der Waals surface area contributed by atoms with Crippen molar-refractivity contribution in [3.63, 3.8) is 0 Å². The third-order valence-corrected chi connectivity index (χ3v) is 9.48. The number of halogens is 3. The van der Waals surface area contributed by atoms with E-state index in [1.54, 1.807) is 18.2 Å². The molecule has 0 aliphatic carbocycles. The third kappa shape index (κ3) is 8.49. The molecule has 0 aliphatic heterocycles. The van der Waals surface area contributed by atoms with Gasteiger partial charge in [-0.1, -0.05) is 37.8 Å². The summed E-state index contributed by atoms with van der Waals surface area (Å²) in [5, 5.41) is 0. The Morgan fingerprint density at radius 2 is 1.74 bits per heavy atom. The molecule has 11 nitrogen and oxygen atoms in total. The van der Waals surface area contributed by atoms with Gasteiger partial charge >= 0.3 is 6.18 Å². The van der Waals surface area contributed by atoms with E-state index in [-0.39, 0.29) is 41.3 Å². The zero-order valence-electron chi connectivity index (χ0n) is 24.0. The molecule has 3 heterocycles. The Kier molecular flexibility index (Phi) is 10.0. The van der Waals surface area contributed by atoms with Crippen molar-refractivity contribution in [2.24, 2.45) is 0 Å². The molecule has 1 unspecified atom stereocenters. The highest BCUT2D eigenvalue weighted by atomic mass is 32.2. The van der Waals surface area contributed by atoms with Crippen LogP contribution in [0.4, 0.5) is 19.0 Å². The standard InChI is InChI=1S/C27H32F3N5O6SSi/c1-38-11-13-42(36,37)35(18-39-12-14-43(2,3)4)25-26(34-21-8-6-5-7-20(21)33-25)41-24(27(28,29)30)19-9-10-22(32-15-19)23-16-31-17-40-23/h5-10,15-17,24H,11-14,18H2,1-4H3. The van der Waals surface area contributed by atoms with E-state index in [1.165, 1.54) is 37.9 Å². The average molecular weight is 640 g/mol. The quantitative estimate of drug-likeness (QED) is 0.0997. The fourth-order valence-electron chi connectivity index (χ4n) is 3.80. The molecule has 16 heteroatoms. The van der Waals surface area contributed by atoms with E-state index in [0.29, 0.717) is 0 Å². The molecule has 1 aromatic carbocycles. The topological polar surface area (TPSA) is 130 Å². The smallest absolute Gasteiger partial charge is 0.429 e. The number of alkyl halides is 3. The van der Waals surface area contributed by atoms with Gasteiger partial charge in [-0.05, 0) is 24.2 Å². The van der Waals surface area contributed by atoms with Crippen LogP contribution >= 0.6 is 0 Å². The van der Waals surface area contributed by atoms with Gasteiger partial charge in [-0.2, -0.15) is 13.2 Å². The maximum Gasteiger partial charge on any atom is 0.429 e. The van der Waals surface area contributed by atoms with Crippen molar-refractivity contribution in [3.8, 4) is 17.3 Å². The Labute approximate surface area is 248 Å². The first-order chi connectivity index (χ1) is 20.3. The molecule has 3 aromatic heterocycles. The summed E-state index contributed by atoms with van der Waals surface area (Å²) in [6.45, 7) is 5.97. The van der Waals surface area contributed by atoms with Gasteiger partial charge in [-0.3, -0.25) is 4.98 Å². The minimum atomic E-state index is -4.94. The first kappa shape index (κ1) is 32.3. The number of aromatic nitrogens is 4. The number of pyridine rings is 1. The largest absolute Gasteiger partial charge is 0.457 e. The number of hydrogen-bond donors (Lipinski definition) is 0. The Morgan fingerprint density at radius 1 is 1.02 bits per heavy atom. The maximum atomic E-state index is 14.5. The fraction of sp³-hybridized carbons (Fsp3) is 0.407. The molecule has 4 rings (SSSR count). The van der Waals surface area contributed by atoms with Crippen molar-refractivity contribution < 1.29 is 40.2 Å². The molecule has 0 fully saturated rings. The maximum absolute atomic E-state index is 14.5. The van der Waals surface area contributed by atoms with Gasteiger partial charge in [0.2, 0.25) is 21.9 Å². The lowest BCUT2D eigenvalue weighted by atomic mass is 10.1. The van der Waals surface area contributed by atoms with E-state index in [1.807, 2.05) is 0 Å². The van der Waals surface area contributed by atoms with Crippen molar-refractivity contribution in [3.05, 3.63) is 60.7 Å². The van der Waals surface area contributed by atoms with Crippen molar-refractivity contribution in [2.75, 3.05) is 37.1 Å². The lowest BCUT2D eigenvalue weighted by Gasteiger charge is -2.27. The van der Waals surface area contributed by atoms with E-state index >= 15 is 0 Å². The molecular formula is C27H32F3N5O6SSi. The number of rotatable bonds is 14. The van der Waals surface area contributed by atoms with Crippen LogP contribution in [0.5, 0.6) is 5.88 Å². The number of para-hydroxylation sites is 2. The lowest BCUT2D eigenvalue weighted by Crippen LogP contribution is -2.38. The van der Waals surface area contributed by atoms with E-state index in [0.717, 1.165) is 16.5 Å². The zero-order valence-corrected chi connectivity index (χ0v) is 25.9. The molecule has 0 aliphatic rings. The van der Waals surface area contributed by atoms with Crippen LogP contribution in [0.1, 0.15) is 11.7 Å². The van der Waals surface area contributed by atoms with Crippen LogP contribution in [-0.2, 0) is 19.5 Å². The predicted octanol–water partition coefficient (Wildman–Crippen LogP) is 5.46. The Bertz CT molecular complexity index is 1600. The molecule has 0 radical (unpaired) electrons. The van der Waals surface area contributed by atoms with Gasteiger partial charge in [0.25, 0.3) is 5.88 Å². The average Bonchev–Trinajstić information content (AvgIpc) is 3.48. The van der Waals surface area contributed by atoms with Crippen molar-refractivity contribution in [1.29, 1.82) is 0 Å². The summed E-state index contributed by atoms with van der Waals surface area (Å²) in [6, 6.07) is 9.62. The van der Waals surface area contributed by atoms with Crippen LogP contribution in [0.2, 0.25) is 25.7 Å². The number of sulfonamides is 1. The molecule has 0 amide bonds. The SMILES string of the molecule is COCCS(=O)(=O)N(COCC[Si](C)(C)C)c1nc2ccccc2nc1OC(c1ccc(-c2cnco2)nc1)C(F)(F)F. The number of hydrogen-bond acceptors (Lipinski definition) is 10. The van der Waals surface area contributed by atoms with Crippen LogP contribution in [0.3, 0.4) is 0 Å². The number of nitrogens with zero attached hydrogens (tertiary/aromatic N) is 5. The summed E-state index contributed by atoms with van der Waals surface area (Å²) in [6.07, 6.45) is -3.95. The van der Waals surface area contributed by atoms with Crippen LogP contribution in [0, 0.1) is 0 Å². The molecular weight excluding hydrogens is 607 g/mol. The lowest BCUT2D eigenvalue weighted by molar-refractivity contribution is -0.198. The molecule has 0 saturated carbocycles. The second-order valence-electron chi connectivity index (χ2n) is 10.7. The van der Waals surface area contributed by atoms with Crippen LogP contribution in [0.15, 0.2) is 59.6 Å². The van der Waals surface area contributed by atoms with E-state index in [4.69, 9.17) is 18.6 Å². The second-order valence-corrected chi connectivity index (χ2v) is 18.4. The van der Waals surface area contributed by atoms with Crippen molar-refractivity contribution in [1.82, 2.24) is 19.9 Å². The van der Waals surface area contributed by atoms with E-state index in [2.05, 4.69) is 39.6 Å². The van der Waals surface area contributed by atoms with Crippen molar-refractivity contribution in [2.45, 2.75) is 38.0 Å². The molecule has 43 heavy (non-hydrogen) atoms. The van der Waals surface area contributed by atoms with Gasteiger partial charge < -0.3 is 18.6 Å². The van der Waals surface area contributed by atoms with Gasteiger partial charge in [0.1, 0.15) is 12.4 Å². The molecule has 1 atom stereocenters. The summed E-state index contributed by atoms with van der Waals surface area (Å²) in [7, 11) is -4.40. The summed E-state index contributed by atoms with van der Waals surface area (Å²) in [4.78, 5) is 16.5. The summed E-state index contributed by atoms with van der Waals surface area (Å²) in [5.74, 6) is -1.30. The van der Waals surface area contributed by atoms with Gasteiger partial charge in [0.05, 0.1) is 29.6 Å². The second kappa shape index (κ2) is 13.4. The Hall–Kier alpha value is -3.60. The van der Waals surface area contributed by atoms with Crippen molar-refractivity contribution >= 4 is 34.9 Å². The number of oxazole rings is 1. The molecule has 0 N–H and O–H groups in total. The first-order valence-electron chi connectivity index (χ1n) is 13.2. The molecule has 0 bridgehead atoms. The van der Waals surface area contributed by atoms with Gasteiger partial charge in [-0.25, -0.2) is 27.7 Å². The Morgan fingerprint density at radius 3 is 2.33 bits per heavy atom. The van der Waals surface area contributed by atoms with Crippen LogP contribution < -0.4 is 9.04 Å². The number of ether oxygens (including phenoxy) is 3. The number of methoxy groups -OCH3 is 1. The predicted molar refractivity (Wildman–Crippen MR) is 156 cm³/mol. The molecule has 4 aromatic rings. The van der Waals surface area contributed by atoms with E-state index in [9.17, 15) is 21.6 Å². The van der Waals surface area contributed by atoms with E-state index < -0.39 is 54.6 Å². The number of benzene rings is 1. The fourth-order valence-corrected chi connectivity index (χ4v) is 5.77. The van der Waals surface area contributed by atoms with Crippen LogP contribution in [0.25, 0.3) is 22.5 Å². The number of anilines is 1. The highest BCUT2D eigenvalue weighted by Gasteiger charge is 2.45. The minimum absolute atomic E-state index is 0.167. The molecule has 0 spiro atoms.